The molecule has 2 rings (SSSR count). The van der Waals surface area contributed by atoms with Gasteiger partial charge in [0.15, 0.2) is 0 Å². The summed E-state index contributed by atoms with van der Waals surface area (Å²) in [5, 5.41) is 7.23. The Balaban J connectivity index is 2.02. The van der Waals surface area contributed by atoms with Crippen molar-refractivity contribution in [1.82, 2.24) is 20.0 Å². The number of nitrogens with zero attached hydrogens (tertiary/aromatic N) is 3. The fraction of sp³-hybridized carbons (Fsp3) is 0.765. The highest BCUT2D eigenvalue weighted by atomic mass is 16.5. The van der Waals surface area contributed by atoms with Crippen molar-refractivity contribution in [1.29, 1.82) is 0 Å². The first-order chi connectivity index (χ1) is 10.9. The highest BCUT2D eigenvalue weighted by molar-refractivity contribution is 5.75. The van der Waals surface area contributed by atoms with Crippen LogP contribution in [0.15, 0.2) is 12.4 Å². The smallest absolute Gasteiger partial charge is 0.317 e. The molecule has 1 aliphatic rings. The molecule has 130 valence electrons. The summed E-state index contributed by atoms with van der Waals surface area (Å²) in [5.74, 6) is 0. The Kier molecular flexibility index (Phi) is 5.34. The summed E-state index contributed by atoms with van der Waals surface area (Å²) >= 11 is 0. The minimum absolute atomic E-state index is 0.0350. The number of rotatable bonds is 6. The number of hydrogen-bond acceptors (Lipinski definition) is 3. The summed E-state index contributed by atoms with van der Waals surface area (Å²) < 4.78 is 7.37. The van der Waals surface area contributed by atoms with Crippen molar-refractivity contribution in [3.8, 4) is 0 Å². The van der Waals surface area contributed by atoms with Crippen molar-refractivity contribution < 1.29 is 9.53 Å². The van der Waals surface area contributed by atoms with Crippen LogP contribution in [0.5, 0.6) is 0 Å². The predicted octanol–water partition coefficient (Wildman–Crippen LogP) is 2.72. The molecule has 23 heavy (non-hydrogen) atoms. The predicted molar refractivity (Wildman–Crippen MR) is 90.1 cm³/mol. The zero-order chi connectivity index (χ0) is 17.2. The van der Waals surface area contributed by atoms with Gasteiger partial charge < -0.3 is 15.0 Å². The maximum absolute atomic E-state index is 12.6. The Bertz CT molecular complexity index is 538. The number of carbonyl (C=O) groups excluding carboxylic acids is 1. The van der Waals surface area contributed by atoms with Crippen LogP contribution in [0.3, 0.4) is 0 Å². The van der Waals surface area contributed by atoms with Gasteiger partial charge in [0, 0.05) is 44.4 Å². The first-order valence-corrected chi connectivity index (χ1v) is 8.44. The number of nitrogens with one attached hydrogen (secondary N) is 1. The first kappa shape index (κ1) is 17.8. The van der Waals surface area contributed by atoms with Crippen molar-refractivity contribution in [2.75, 3.05) is 14.2 Å². The molecular weight excluding hydrogens is 292 g/mol. The van der Waals surface area contributed by atoms with Gasteiger partial charge in [0.25, 0.3) is 0 Å². The van der Waals surface area contributed by atoms with Crippen molar-refractivity contribution >= 4 is 6.03 Å². The third kappa shape index (κ3) is 3.09. The zero-order valence-corrected chi connectivity index (χ0v) is 15.2. The quantitative estimate of drug-likeness (QED) is 0.876. The largest absolute Gasteiger partial charge is 0.381 e. The molecular formula is C17H30N4O2. The molecule has 1 saturated carbocycles. The first-order valence-electron chi connectivity index (χ1n) is 8.44. The third-order valence-corrected chi connectivity index (χ3v) is 5.70. The molecule has 0 spiro atoms. The molecule has 1 aliphatic carbocycles. The van der Waals surface area contributed by atoms with Crippen molar-refractivity contribution in [3.05, 3.63) is 18.0 Å². The molecule has 2 amide bonds. The van der Waals surface area contributed by atoms with Gasteiger partial charge in [0.05, 0.1) is 18.3 Å². The number of carbonyl (C=O) groups is 1. The van der Waals surface area contributed by atoms with Crippen LogP contribution in [0.1, 0.15) is 51.6 Å². The van der Waals surface area contributed by atoms with Gasteiger partial charge in [-0.05, 0) is 26.2 Å². The van der Waals surface area contributed by atoms with Gasteiger partial charge in [-0.2, -0.15) is 5.10 Å². The van der Waals surface area contributed by atoms with Gasteiger partial charge in [-0.15, -0.1) is 0 Å². The molecule has 3 atom stereocenters. The van der Waals surface area contributed by atoms with Crippen LogP contribution in [0.2, 0.25) is 0 Å². The standard InChI is InChI=1S/C17H30N4O2/c1-7-17(8-2)14(9-15(17)23-6)21(5)16(22)19-12(3)13-10-18-20(4)11-13/h10-12,14-15H,7-9H2,1-6H3,(H,19,22). The van der Waals surface area contributed by atoms with E-state index in [0.717, 1.165) is 24.8 Å². The Morgan fingerprint density at radius 3 is 2.70 bits per heavy atom. The van der Waals surface area contributed by atoms with Crippen molar-refractivity contribution in [3.63, 3.8) is 0 Å². The van der Waals surface area contributed by atoms with E-state index in [9.17, 15) is 4.79 Å². The van der Waals surface area contributed by atoms with E-state index < -0.39 is 0 Å². The van der Waals surface area contributed by atoms with Crippen LogP contribution >= 0.6 is 0 Å². The van der Waals surface area contributed by atoms with E-state index in [4.69, 9.17) is 4.74 Å². The number of ether oxygens (including phenoxy) is 1. The molecule has 1 heterocycles. The van der Waals surface area contributed by atoms with Crippen molar-refractivity contribution in [2.45, 2.75) is 58.2 Å². The average Bonchev–Trinajstić information content (AvgIpc) is 2.94. The topological polar surface area (TPSA) is 59.4 Å². The van der Waals surface area contributed by atoms with E-state index in [0.29, 0.717) is 0 Å². The average molecular weight is 322 g/mol. The maximum Gasteiger partial charge on any atom is 0.317 e. The summed E-state index contributed by atoms with van der Waals surface area (Å²) in [4.78, 5) is 14.5. The molecule has 0 bridgehead atoms. The van der Waals surface area contributed by atoms with Crippen LogP contribution in [0.4, 0.5) is 4.79 Å². The number of amides is 2. The van der Waals surface area contributed by atoms with E-state index in [2.05, 4.69) is 24.3 Å². The van der Waals surface area contributed by atoms with Gasteiger partial charge in [-0.3, -0.25) is 4.68 Å². The zero-order valence-electron chi connectivity index (χ0n) is 15.2. The lowest BCUT2D eigenvalue weighted by Crippen LogP contribution is -2.65. The summed E-state index contributed by atoms with van der Waals surface area (Å²) in [6.07, 6.45) is 6.90. The molecule has 0 saturated heterocycles. The summed E-state index contributed by atoms with van der Waals surface area (Å²) in [7, 11) is 5.54. The van der Waals surface area contributed by atoms with Gasteiger partial charge in [0.2, 0.25) is 0 Å². The fourth-order valence-electron chi connectivity index (χ4n) is 3.95. The van der Waals surface area contributed by atoms with Gasteiger partial charge in [0.1, 0.15) is 0 Å². The minimum Gasteiger partial charge on any atom is -0.381 e. The van der Waals surface area contributed by atoms with Crippen molar-refractivity contribution in [2.24, 2.45) is 12.5 Å². The summed E-state index contributed by atoms with van der Waals surface area (Å²) in [6, 6.07) is 0.130. The normalized spacial score (nSPS) is 23.9. The Morgan fingerprint density at radius 1 is 1.57 bits per heavy atom. The second-order valence-corrected chi connectivity index (χ2v) is 6.65. The van der Waals surface area contributed by atoms with E-state index in [1.165, 1.54) is 0 Å². The van der Waals surface area contributed by atoms with Crippen LogP contribution in [0.25, 0.3) is 0 Å². The van der Waals surface area contributed by atoms with E-state index in [1.54, 1.807) is 18.0 Å². The number of urea groups is 1. The van der Waals surface area contributed by atoms with Gasteiger partial charge >= 0.3 is 6.03 Å². The molecule has 0 aliphatic heterocycles. The van der Waals surface area contributed by atoms with Crippen LogP contribution < -0.4 is 5.32 Å². The Hall–Kier alpha value is -1.56. The van der Waals surface area contributed by atoms with Crippen LogP contribution in [-0.2, 0) is 11.8 Å². The highest BCUT2D eigenvalue weighted by Gasteiger charge is 2.55. The molecule has 6 nitrogen and oxygen atoms in total. The molecule has 1 fully saturated rings. The third-order valence-electron chi connectivity index (χ3n) is 5.70. The van der Waals surface area contributed by atoms with E-state index in [-0.39, 0.29) is 29.6 Å². The SMILES string of the molecule is CCC1(CC)C(OC)CC1N(C)C(=O)NC(C)c1cnn(C)c1. The van der Waals surface area contributed by atoms with Crippen LogP contribution in [-0.4, -0.2) is 47.0 Å². The molecule has 1 aromatic rings. The fourth-order valence-corrected chi connectivity index (χ4v) is 3.95. The Morgan fingerprint density at radius 2 is 2.22 bits per heavy atom. The molecule has 3 unspecified atom stereocenters. The van der Waals surface area contributed by atoms with E-state index in [1.807, 2.05) is 32.1 Å². The van der Waals surface area contributed by atoms with Gasteiger partial charge in [-0.25, -0.2) is 4.79 Å². The lowest BCUT2D eigenvalue weighted by Gasteiger charge is -2.57. The molecule has 0 radical (unpaired) electrons. The minimum atomic E-state index is -0.0606. The molecule has 0 aromatic carbocycles. The lowest BCUT2D eigenvalue weighted by atomic mass is 9.58. The van der Waals surface area contributed by atoms with Crippen LogP contribution in [0, 0.1) is 5.41 Å². The number of aryl methyl sites for hydroxylation is 1. The van der Waals surface area contributed by atoms with E-state index >= 15 is 0 Å². The molecule has 1 N–H and O–H groups in total. The number of methoxy groups -OCH3 is 1. The monoisotopic (exact) mass is 322 g/mol. The summed E-state index contributed by atoms with van der Waals surface area (Å²) in [6.45, 7) is 6.35. The second-order valence-electron chi connectivity index (χ2n) is 6.65. The number of aromatic nitrogens is 2. The number of hydrogen-bond donors (Lipinski definition) is 1. The Labute approximate surface area is 139 Å². The highest BCUT2D eigenvalue weighted by Crippen LogP contribution is 2.50. The van der Waals surface area contributed by atoms with Gasteiger partial charge in [-0.1, -0.05) is 13.8 Å². The second kappa shape index (κ2) is 6.91. The summed E-state index contributed by atoms with van der Waals surface area (Å²) in [5.41, 5.74) is 1.08. The maximum atomic E-state index is 12.6. The lowest BCUT2D eigenvalue weighted by molar-refractivity contribution is -0.146. The molecule has 6 heteroatoms. The molecule has 1 aromatic heterocycles.